The van der Waals surface area contributed by atoms with E-state index in [9.17, 15) is 15.0 Å². The number of piperidine rings is 1. The number of aryl methyl sites for hydroxylation is 1. The third-order valence-corrected chi connectivity index (χ3v) is 5.67. The van der Waals surface area contributed by atoms with E-state index in [2.05, 4.69) is 20.2 Å². The van der Waals surface area contributed by atoms with Crippen molar-refractivity contribution in [2.24, 2.45) is 5.41 Å². The predicted octanol–water partition coefficient (Wildman–Crippen LogP) is 2.57. The molecule has 0 aliphatic carbocycles. The smallest absolute Gasteiger partial charge is 0.313 e. The highest BCUT2D eigenvalue weighted by Gasteiger charge is 2.48. The molecule has 1 aliphatic rings. The zero-order valence-corrected chi connectivity index (χ0v) is 16.9. The lowest BCUT2D eigenvalue weighted by Crippen LogP contribution is -2.55. The number of aliphatic carboxylic acids is 1. The Labute approximate surface area is 171 Å². The molecule has 7 nitrogen and oxygen atoms in total. The molecule has 1 saturated heterocycles. The number of nitrogens with one attached hydrogen (secondary N) is 1. The van der Waals surface area contributed by atoms with Gasteiger partial charge in [0.15, 0.2) is 0 Å². The van der Waals surface area contributed by atoms with Crippen molar-refractivity contribution in [1.82, 2.24) is 14.9 Å². The van der Waals surface area contributed by atoms with Crippen molar-refractivity contribution in [2.75, 3.05) is 25.0 Å². The number of aliphatic hydroxyl groups is 1. The number of aromatic nitrogens is 2. The van der Waals surface area contributed by atoms with Gasteiger partial charge in [0, 0.05) is 44.1 Å². The molecule has 0 radical (unpaired) electrons. The molecular formula is C22H30N4O3. The van der Waals surface area contributed by atoms with Crippen LogP contribution < -0.4 is 5.32 Å². The zero-order chi connectivity index (χ0) is 20.7. The third-order valence-electron chi connectivity index (χ3n) is 5.67. The summed E-state index contributed by atoms with van der Waals surface area (Å²) < 4.78 is 0. The zero-order valence-electron chi connectivity index (χ0n) is 16.9. The number of carboxylic acids is 1. The molecule has 7 heteroatoms. The van der Waals surface area contributed by atoms with Gasteiger partial charge in [-0.2, -0.15) is 0 Å². The van der Waals surface area contributed by atoms with Crippen molar-refractivity contribution >= 4 is 11.9 Å². The number of carboxylic acid groups (broad SMARTS) is 1. The highest BCUT2D eigenvalue weighted by atomic mass is 16.4. The van der Waals surface area contributed by atoms with E-state index in [0.717, 1.165) is 24.9 Å². The lowest BCUT2D eigenvalue weighted by molar-refractivity contribution is -0.164. The summed E-state index contributed by atoms with van der Waals surface area (Å²) in [7, 11) is 0. The SMILES string of the molecule is CCNc1ncc(CN2CC[C@H](O)[C@](CCCc3ccccc3)(C(=O)O)C2)cn1. The summed E-state index contributed by atoms with van der Waals surface area (Å²) in [5.74, 6) is -0.326. The lowest BCUT2D eigenvalue weighted by Gasteiger charge is -2.43. The highest BCUT2D eigenvalue weighted by molar-refractivity contribution is 5.76. The van der Waals surface area contributed by atoms with Crippen LogP contribution in [-0.2, 0) is 17.8 Å². The molecule has 156 valence electrons. The minimum Gasteiger partial charge on any atom is -0.481 e. The Morgan fingerprint density at radius 1 is 1.24 bits per heavy atom. The number of hydrogen-bond acceptors (Lipinski definition) is 6. The third kappa shape index (κ3) is 5.31. The molecule has 2 heterocycles. The minimum atomic E-state index is -1.14. The van der Waals surface area contributed by atoms with Crippen molar-refractivity contribution in [1.29, 1.82) is 0 Å². The van der Waals surface area contributed by atoms with Crippen LogP contribution >= 0.6 is 0 Å². The molecule has 2 atom stereocenters. The van der Waals surface area contributed by atoms with Gasteiger partial charge in [0.2, 0.25) is 5.95 Å². The highest BCUT2D eigenvalue weighted by Crippen LogP contribution is 2.36. The van der Waals surface area contributed by atoms with Crippen LogP contribution in [0, 0.1) is 5.41 Å². The molecule has 1 aromatic heterocycles. The Bertz CT molecular complexity index is 784. The first-order valence-corrected chi connectivity index (χ1v) is 10.3. The van der Waals surface area contributed by atoms with E-state index in [1.807, 2.05) is 37.3 Å². The van der Waals surface area contributed by atoms with Crippen LogP contribution in [0.2, 0.25) is 0 Å². The number of carbonyl (C=O) groups is 1. The second kappa shape index (κ2) is 9.80. The molecular weight excluding hydrogens is 368 g/mol. The largest absolute Gasteiger partial charge is 0.481 e. The van der Waals surface area contributed by atoms with Crippen LogP contribution in [0.1, 0.15) is 37.3 Å². The fourth-order valence-corrected chi connectivity index (χ4v) is 4.06. The van der Waals surface area contributed by atoms with Crippen molar-refractivity contribution in [3.05, 3.63) is 53.9 Å². The molecule has 0 bridgehead atoms. The molecule has 0 saturated carbocycles. The van der Waals surface area contributed by atoms with Crippen molar-refractivity contribution < 1.29 is 15.0 Å². The van der Waals surface area contributed by atoms with Crippen molar-refractivity contribution in [3.63, 3.8) is 0 Å². The van der Waals surface area contributed by atoms with Gasteiger partial charge in [0.05, 0.1) is 6.10 Å². The first-order chi connectivity index (χ1) is 14.0. The Kier molecular flexibility index (Phi) is 7.17. The van der Waals surface area contributed by atoms with E-state index < -0.39 is 17.5 Å². The topological polar surface area (TPSA) is 98.6 Å². The second-order valence-corrected chi connectivity index (χ2v) is 7.76. The van der Waals surface area contributed by atoms with Gasteiger partial charge in [0.1, 0.15) is 5.41 Å². The standard InChI is InChI=1S/C22H30N4O3/c1-2-23-21-24-13-18(14-25-21)15-26-12-10-19(27)22(16-26,20(28)29)11-6-9-17-7-4-3-5-8-17/h3-5,7-8,13-14,19,27H,2,6,9-12,15-16H2,1H3,(H,28,29)(H,23,24,25)/t19-,22+/m0/s1. The molecule has 3 rings (SSSR count). The van der Waals surface area contributed by atoms with E-state index in [-0.39, 0.29) is 0 Å². The second-order valence-electron chi connectivity index (χ2n) is 7.76. The molecule has 0 spiro atoms. The summed E-state index contributed by atoms with van der Waals surface area (Å²) in [5.41, 5.74) is 0.983. The molecule has 1 aromatic carbocycles. The van der Waals surface area contributed by atoms with Gasteiger partial charge in [0.25, 0.3) is 0 Å². The lowest BCUT2D eigenvalue weighted by atomic mass is 9.73. The quantitative estimate of drug-likeness (QED) is 0.597. The van der Waals surface area contributed by atoms with Gasteiger partial charge in [-0.25, -0.2) is 9.97 Å². The monoisotopic (exact) mass is 398 g/mol. The first kappa shape index (κ1) is 21.2. The molecule has 1 fully saturated rings. The number of benzene rings is 1. The summed E-state index contributed by atoms with van der Waals surface area (Å²) in [6.07, 6.45) is 5.14. The molecule has 2 aromatic rings. The van der Waals surface area contributed by atoms with Gasteiger partial charge in [-0.3, -0.25) is 9.69 Å². The average Bonchev–Trinajstić information content (AvgIpc) is 2.72. The molecule has 1 aliphatic heterocycles. The molecule has 0 unspecified atom stereocenters. The van der Waals surface area contributed by atoms with Crippen LogP contribution in [0.15, 0.2) is 42.7 Å². The normalized spacial score (nSPS) is 22.3. The Morgan fingerprint density at radius 2 is 1.97 bits per heavy atom. The molecule has 29 heavy (non-hydrogen) atoms. The van der Waals surface area contributed by atoms with Gasteiger partial charge < -0.3 is 15.5 Å². The first-order valence-electron chi connectivity index (χ1n) is 10.3. The number of hydrogen-bond donors (Lipinski definition) is 3. The maximum absolute atomic E-state index is 12.2. The predicted molar refractivity (Wildman–Crippen MR) is 112 cm³/mol. The van der Waals surface area contributed by atoms with Gasteiger partial charge in [-0.05, 0) is 38.2 Å². The minimum absolute atomic E-state index is 0.327. The maximum atomic E-state index is 12.2. The van der Waals surface area contributed by atoms with Crippen LogP contribution in [0.5, 0.6) is 0 Å². The average molecular weight is 399 g/mol. The Morgan fingerprint density at radius 3 is 2.62 bits per heavy atom. The van der Waals surface area contributed by atoms with Crippen molar-refractivity contribution in [2.45, 2.75) is 45.3 Å². The fraction of sp³-hybridized carbons (Fsp3) is 0.500. The number of aliphatic hydroxyl groups excluding tert-OH is 1. The van der Waals surface area contributed by atoms with E-state index >= 15 is 0 Å². The van der Waals surface area contributed by atoms with Crippen LogP contribution in [-0.4, -0.2) is 56.8 Å². The van der Waals surface area contributed by atoms with Crippen LogP contribution in [0.25, 0.3) is 0 Å². The van der Waals surface area contributed by atoms with Gasteiger partial charge in [-0.15, -0.1) is 0 Å². The maximum Gasteiger partial charge on any atom is 0.313 e. The molecule has 3 N–H and O–H groups in total. The van der Waals surface area contributed by atoms with Crippen LogP contribution in [0.4, 0.5) is 5.95 Å². The summed E-state index contributed by atoms with van der Waals surface area (Å²) in [5, 5.41) is 23.7. The van der Waals surface area contributed by atoms with E-state index in [1.165, 1.54) is 5.56 Å². The number of rotatable bonds is 9. The summed E-state index contributed by atoms with van der Waals surface area (Å²) in [4.78, 5) is 22.9. The van der Waals surface area contributed by atoms with Crippen molar-refractivity contribution in [3.8, 4) is 0 Å². The van der Waals surface area contributed by atoms with E-state index in [0.29, 0.717) is 38.4 Å². The van der Waals surface area contributed by atoms with E-state index in [4.69, 9.17) is 0 Å². The summed E-state index contributed by atoms with van der Waals surface area (Å²) in [6, 6.07) is 10.0. The number of likely N-dealkylation sites (tertiary alicyclic amines) is 1. The van der Waals surface area contributed by atoms with E-state index in [1.54, 1.807) is 12.4 Å². The number of anilines is 1. The van der Waals surface area contributed by atoms with Gasteiger partial charge >= 0.3 is 5.97 Å². The molecule has 0 amide bonds. The van der Waals surface area contributed by atoms with Gasteiger partial charge in [-0.1, -0.05) is 30.3 Å². The summed E-state index contributed by atoms with van der Waals surface area (Å²) in [6.45, 7) is 4.30. The van der Waals surface area contributed by atoms with Crippen LogP contribution in [0.3, 0.4) is 0 Å². The number of nitrogens with zero attached hydrogens (tertiary/aromatic N) is 3. The Hall–Kier alpha value is -2.51. The Balaban J connectivity index is 1.65. The fourth-order valence-electron chi connectivity index (χ4n) is 4.06. The summed E-state index contributed by atoms with van der Waals surface area (Å²) >= 11 is 0.